The Bertz CT molecular complexity index is 1590. The molecule has 0 radical (unpaired) electrons. The predicted molar refractivity (Wildman–Crippen MR) is 147 cm³/mol. The van der Waals surface area contributed by atoms with E-state index < -0.39 is 46.2 Å². The Morgan fingerprint density at radius 2 is 1.77 bits per heavy atom. The molecule has 0 saturated carbocycles. The van der Waals surface area contributed by atoms with Crippen molar-refractivity contribution in [1.29, 1.82) is 0 Å². The van der Waals surface area contributed by atoms with Crippen LogP contribution in [0, 0.1) is 0 Å². The van der Waals surface area contributed by atoms with Gasteiger partial charge in [0.15, 0.2) is 16.6 Å². The number of furan rings is 1. The van der Waals surface area contributed by atoms with Crippen LogP contribution in [-0.4, -0.2) is 60.5 Å². The fourth-order valence-electron chi connectivity index (χ4n) is 4.64. The van der Waals surface area contributed by atoms with Gasteiger partial charge in [-0.05, 0) is 42.7 Å². The molecule has 1 aliphatic heterocycles. The number of aromatic nitrogens is 1. The first-order valence-electron chi connectivity index (χ1n) is 12.9. The first kappa shape index (κ1) is 27.2. The van der Waals surface area contributed by atoms with Gasteiger partial charge in [-0.15, -0.1) is 0 Å². The van der Waals surface area contributed by atoms with Gasteiger partial charge in [-0.25, -0.2) is 13.4 Å². The van der Waals surface area contributed by atoms with Gasteiger partial charge in [0.1, 0.15) is 11.6 Å². The topological polar surface area (TPSA) is 139 Å². The number of sulfonamides is 1. The molecule has 2 aromatic carbocycles. The smallest absolute Gasteiger partial charge is 0.287 e. The van der Waals surface area contributed by atoms with E-state index in [-0.39, 0.29) is 30.2 Å². The largest absolute Gasteiger partial charge is 0.451 e. The molecule has 2 aromatic heterocycles. The van der Waals surface area contributed by atoms with Crippen molar-refractivity contribution in [3.8, 4) is 0 Å². The number of hydrogen-bond acceptors (Lipinski definition) is 7. The SMILES string of the molecule is O=C(NC(Cc1ccccc1)C(=O)N[C@H]1CCCN(S(=O)(=O)c2ccccn2)CC1=O)c1cc2ccccc2o1. The molecular formula is C29H28N4O6S. The highest BCUT2D eigenvalue weighted by molar-refractivity contribution is 7.89. The van der Waals surface area contributed by atoms with E-state index >= 15 is 0 Å². The normalized spacial score (nSPS) is 17.2. The summed E-state index contributed by atoms with van der Waals surface area (Å²) in [5, 5.41) is 6.12. The van der Waals surface area contributed by atoms with E-state index in [0.717, 1.165) is 15.3 Å². The Morgan fingerprint density at radius 1 is 1.02 bits per heavy atom. The van der Waals surface area contributed by atoms with Crippen molar-refractivity contribution in [2.24, 2.45) is 0 Å². The van der Waals surface area contributed by atoms with Crippen molar-refractivity contribution in [1.82, 2.24) is 19.9 Å². The van der Waals surface area contributed by atoms with Crippen molar-refractivity contribution in [3.63, 3.8) is 0 Å². The van der Waals surface area contributed by atoms with Crippen LogP contribution in [0.15, 0.2) is 94.5 Å². The lowest BCUT2D eigenvalue weighted by Gasteiger charge is -2.22. The maximum absolute atomic E-state index is 13.5. The molecule has 11 heteroatoms. The fraction of sp³-hybridized carbons (Fsp3) is 0.241. The molecule has 40 heavy (non-hydrogen) atoms. The number of amides is 2. The molecule has 206 valence electrons. The quantitative estimate of drug-likeness (QED) is 0.338. The van der Waals surface area contributed by atoms with Gasteiger partial charge < -0.3 is 15.1 Å². The Balaban J connectivity index is 1.31. The Kier molecular flexibility index (Phi) is 8.04. The summed E-state index contributed by atoms with van der Waals surface area (Å²) in [6.07, 6.45) is 2.17. The van der Waals surface area contributed by atoms with E-state index in [1.807, 2.05) is 42.5 Å². The molecule has 3 heterocycles. The second kappa shape index (κ2) is 11.8. The third-order valence-electron chi connectivity index (χ3n) is 6.73. The van der Waals surface area contributed by atoms with E-state index in [0.29, 0.717) is 12.0 Å². The number of benzene rings is 2. The molecule has 5 rings (SSSR count). The van der Waals surface area contributed by atoms with Gasteiger partial charge in [0, 0.05) is 24.5 Å². The van der Waals surface area contributed by atoms with Gasteiger partial charge >= 0.3 is 0 Å². The molecule has 1 aliphatic rings. The second-order valence-electron chi connectivity index (χ2n) is 9.54. The summed E-state index contributed by atoms with van der Waals surface area (Å²) >= 11 is 0. The average molecular weight is 561 g/mol. The van der Waals surface area contributed by atoms with Gasteiger partial charge in [-0.1, -0.05) is 54.6 Å². The summed E-state index contributed by atoms with van der Waals surface area (Å²) in [7, 11) is -3.96. The molecule has 1 fully saturated rings. The molecule has 2 amide bonds. The van der Waals surface area contributed by atoms with Crippen LogP contribution in [0.5, 0.6) is 0 Å². The minimum Gasteiger partial charge on any atom is -0.451 e. The third kappa shape index (κ3) is 6.11. The van der Waals surface area contributed by atoms with Gasteiger partial charge in [0.2, 0.25) is 5.91 Å². The maximum Gasteiger partial charge on any atom is 0.287 e. The van der Waals surface area contributed by atoms with Crippen LogP contribution in [0.3, 0.4) is 0 Å². The Morgan fingerprint density at radius 3 is 2.52 bits per heavy atom. The monoisotopic (exact) mass is 560 g/mol. The molecule has 1 unspecified atom stereocenters. The van der Waals surface area contributed by atoms with E-state index in [1.54, 1.807) is 30.3 Å². The zero-order valence-corrected chi connectivity index (χ0v) is 22.3. The maximum atomic E-state index is 13.5. The molecule has 0 aliphatic carbocycles. The van der Waals surface area contributed by atoms with Crippen molar-refractivity contribution in [2.45, 2.75) is 36.4 Å². The lowest BCUT2D eigenvalue weighted by atomic mass is 10.0. The molecular weight excluding hydrogens is 532 g/mol. The predicted octanol–water partition coefficient (Wildman–Crippen LogP) is 2.71. The van der Waals surface area contributed by atoms with Crippen LogP contribution < -0.4 is 10.6 Å². The first-order valence-corrected chi connectivity index (χ1v) is 14.3. The van der Waals surface area contributed by atoms with Crippen LogP contribution in [0.25, 0.3) is 11.0 Å². The van der Waals surface area contributed by atoms with E-state index in [1.165, 1.54) is 12.3 Å². The number of nitrogens with zero attached hydrogens (tertiary/aromatic N) is 2. The Hall–Kier alpha value is -4.35. The number of hydrogen-bond donors (Lipinski definition) is 2. The molecule has 10 nitrogen and oxygen atoms in total. The average Bonchev–Trinajstić information content (AvgIpc) is 3.32. The van der Waals surface area contributed by atoms with Gasteiger partial charge in [0.25, 0.3) is 15.9 Å². The highest BCUT2D eigenvalue weighted by atomic mass is 32.2. The fourth-order valence-corrected chi connectivity index (χ4v) is 6.02. The minimum atomic E-state index is -3.96. The molecule has 2 N–H and O–H groups in total. The van der Waals surface area contributed by atoms with Crippen molar-refractivity contribution in [2.75, 3.05) is 13.1 Å². The van der Waals surface area contributed by atoms with Crippen LogP contribution in [0.1, 0.15) is 29.0 Å². The number of rotatable bonds is 8. The van der Waals surface area contributed by atoms with Crippen LogP contribution in [0.2, 0.25) is 0 Å². The number of ketones is 1. The van der Waals surface area contributed by atoms with Gasteiger partial charge in [-0.3, -0.25) is 14.4 Å². The van der Waals surface area contributed by atoms with E-state index in [2.05, 4.69) is 15.6 Å². The number of carbonyl (C=O) groups is 3. The molecule has 0 spiro atoms. The van der Waals surface area contributed by atoms with Crippen molar-refractivity contribution >= 4 is 38.6 Å². The standard InChI is InChI=1S/C29H28N4O6S/c34-24-19-33(40(37,38)27-14-6-7-15-30-27)16-8-12-22(24)31-28(35)23(17-20-9-2-1-3-10-20)32-29(36)26-18-21-11-4-5-13-25(21)39-26/h1-7,9-11,13-15,18,22-23H,8,12,16-17,19H2,(H,31,35)(H,32,36)/t22-,23?/m0/s1. The number of nitrogens with one attached hydrogen (secondary N) is 2. The second-order valence-corrected chi connectivity index (χ2v) is 11.4. The number of fused-ring (bicyclic) bond motifs is 1. The zero-order valence-electron chi connectivity index (χ0n) is 21.5. The lowest BCUT2D eigenvalue weighted by molar-refractivity contribution is -0.128. The highest BCUT2D eigenvalue weighted by Gasteiger charge is 2.35. The van der Waals surface area contributed by atoms with Crippen molar-refractivity contribution in [3.05, 3.63) is 96.4 Å². The minimum absolute atomic E-state index is 0.0629. The summed E-state index contributed by atoms with van der Waals surface area (Å²) in [6.45, 7) is -0.272. The first-order chi connectivity index (χ1) is 19.3. The number of pyridine rings is 1. The van der Waals surface area contributed by atoms with Gasteiger partial charge in [0.05, 0.1) is 12.6 Å². The lowest BCUT2D eigenvalue weighted by Crippen LogP contribution is -2.53. The summed E-state index contributed by atoms with van der Waals surface area (Å²) in [5.41, 5.74) is 1.36. The number of Topliss-reactive ketones (excluding diaryl/α,β-unsaturated/α-hetero) is 1. The summed E-state index contributed by atoms with van der Waals surface area (Å²) < 4.78 is 32.8. The molecule has 0 bridgehead atoms. The molecule has 1 saturated heterocycles. The Labute approximate surface area is 231 Å². The van der Waals surface area contributed by atoms with Crippen LogP contribution in [0.4, 0.5) is 0 Å². The number of carbonyl (C=O) groups excluding carboxylic acids is 3. The third-order valence-corrected chi connectivity index (χ3v) is 8.49. The highest BCUT2D eigenvalue weighted by Crippen LogP contribution is 2.20. The summed E-state index contributed by atoms with van der Waals surface area (Å²) in [6, 6.07) is 20.6. The molecule has 4 aromatic rings. The van der Waals surface area contributed by atoms with Crippen molar-refractivity contribution < 1.29 is 27.2 Å². The van der Waals surface area contributed by atoms with Crippen LogP contribution in [-0.2, 0) is 26.0 Å². The van der Waals surface area contributed by atoms with Gasteiger partial charge in [-0.2, -0.15) is 4.31 Å². The number of para-hydroxylation sites is 1. The van der Waals surface area contributed by atoms with E-state index in [9.17, 15) is 22.8 Å². The zero-order chi connectivity index (χ0) is 28.1. The summed E-state index contributed by atoms with van der Waals surface area (Å²) in [5.74, 6) is -1.49. The van der Waals surface area contributed by atoms with Crippen LogP contribution >= 0.6 is 0 Å². The summed E-state index contributed by atoms with van der Waals surface area (Å²) in [4.78, 5) is 43.6. The molecule has 2 atom stereocenters. The van der Waals surface area contributed by atoms with E-state index in [4.69, 9.17) is 4.42 Å².